The number of hydrogen-bond donors (Lipinski definition) is 2. The molecule has 0 spiro atoms. The summed E-state index contributed by atoms with van der Waals surface area (Å²) in [5, 5.41) is 11.0. The summed E-state index contributed by atoms with van der Waals surface area (Å²) in [4.78, 5) is 23.9. The van der Waals surface area contributed by atoms with E-state index < -0.39 is 21.5 Å². The van der Waals surface area contributed by atoms with Gasteiger partial charge in [-0.05, 0) is 92.2 Å². The van der Waals surface area contributed by atoms with Gasteiger partial charge in [-0.2, -0.15) is 10.2 Å². The van der Waals surface area contributed by atoms with E-state index in [1.807, 2.05) is 66.7 Å². The molecule has 0 saturated carbocycles. The van der Waals surface area contributed by atoms with Gasteiger partial charge in [0.15, 0.2) is 5.60 Å². The molecule has 0 radical (unpaired) electrons. The van der Waals surface area contributed by atoms with Gasteiger partial charge >= 0.3 is 0 Å². The lowest BCUT2D eigenvalue weighted by Crippen LogP contribution is -2.48. The fraction of sp³-hybridized carbons (Fsp3) is 0.188. The molecule has 11 heteroatoms. The number of ether oxygens (including phenoxy) is 2. The van der Waals surface area contributed by atoms with Gasteiger partial charge in [0, 0.05) is 19.0 Å². The van der Waals surface area contributed by atoms with E-state index in [9.17, 15) is 18.0 Å². The molecule has 0 atom stereocenters. The zero-order valence-corrected chi connectivity index (χ0v) is 24.8. The average Bonchev–Trinajstić information content (AvgIpc) is 2.98. The Morgan fingerprint density at radius 1 is 0.767 bits per heavy atom. The highest BCUT2D eigenvalue weighted by molar-refractivity contribution is 7.90. The van der Waals surface area contributed by atoms with Crippen LogP contribution in [-0.2, 0) is 26.0 Å². The molecule has 0 fully saturated rings. The van der Waals surface area contributed by atoms with Crippen LogP contribution in [0.5, 0.6) is 11.5 Å². The number of nitrogens with zero attached hydrogens (tertiary/aromatic N) is 2. The molecule has 4 aromatic rings. The normalized spacial score (nSPS) is 11.6. The highest BCUT2D eigenvalue weighted by atomic mass is 32.2. The standard InChI is InChI=1S/C32H32N4O6S/c1-23(37)33-25-13-19-30(20-14-25)43(39,40)36-31(38)32(2,3)42-29-15-9-24(10-16-29)21-22-41-28-17-11-27(12-18-28)35-34-26-7-5-4-6-8-26/h4-20H,21-22H2,1-3H3,(H,33,37)(H,36,38). The van der Waals surface area contributed by atoms with Crippen molar-refractivity contribution in [3.05, 3.63) is 109 Å². The van der Waals surface area contributed by atoms with E-state index in [1.165, 1.54) is 45.0 Å². The smallest absolute Gasteiger partial charge is 0.277 e. The molecule has 0 aromatic heterocycles. The molecule has 2 amide bonds. The average molecular weight is 601 g/mol. The fourth-order valence-electron chi connectivity index (χ4n) is 3.80. The molecule has 0 aliphatic rings. The Hall–Kier alpha value is -5.03. The van der Waals surface area contributed by atoms with Crippen LogP contribution in [0.1, 0.15) is 26.3 Å². The number of sulfonamides is 1. The first-order valence-electron chi connectivity index (χ1n) is 13.4. The van der Waals surface area contributed by atoms with Gasteiger partial charge in [-0.1, -0.05) is 30.3 Å². The lowest BCUT2D eigenvalue weighted by Gasteiger charge is -2.25. The van der Waals surface area contributed by atoms with E-state index in [1.54, 1.807) is 12.1 Å². The van der Waals surface area contributed by atoms with Crippen molar-refractivity contribution in [1.29, 1.82) is 0 Å². The van der Waals surface area contributed by atoms with Gasteiger partial charge in [0.25, 0.3) is 15.9 Å². The van der Waals surface area contributed by atoms with Gasteiger partial charge in [-0.25, -0.2) is 13.1 Å². The van der Waals surface area contributed by atoms with Crippen LogP contribution in [0.4, 0.5) is 17.1 Å². The van der Waals surface area contributed by atoms with Gasteiger partial charge < -0.3 is 14.8 Å². The van der Waals surface area contributed by atoms with Crippen molar-refractivity contribution in [2.75, 3.05) is 11.9 Å². The summed E-state index contributed by atoms with van der Waals surface area (Å²) in [7, 11) is -4.15. The first-order valence-corrected chi connectivity index (χ1v) is 14.9. The Labute approximate surface area is 250 Å². The molecule has 4 rings (SSSR count). The van der Waals surface area contributed by atoms with Crippen molar-refractivity contribution in [3.8, 4) is 11.5 Å². The van der Waals surface area contributed by atoms with Crippen molar-refractivity contribution in [2.45, 2.75) is 37.7 Å². The lowest BCUT2D eigenvalue weighted by molar-refractivity contribution is -0.132. The maximum Gasteiger partial charge on any atom is 0.277 e. The van der Waals surface area contributed by atoms with Crippen LogP contribution in [-0.4, -0.2) is 32.4 Å². The fourth-order valence-corrected chi connectivity index (χ4v) is 4.90. The number of anilines is 1. The molecule has 2 N–H and O–H groups in total. The van der Waals surface area contributed by atoms with Gasteiger partial charge in [0.1, 0.15) is 11.5 Å². The van der Waals surface area contributed by atoms with E-state index in [-0.39, 0.29) is 10.8 Å². The van der Waals surface area contributed by atoms with E-state index >= 15 is 0 Å². The summed E-state index contributed by atoms with van der Waals surface area (Å²) >= 11 is 0. The van der Waals surface area contributed by atoms with Gasteiger partial charge in [-0.3, -0.25) is 9.59 Å². The molecule has 4 aromatic carbocycles. The van der Waals surface area contributed by atoms with Crippen LogP contribution >= 0.6 is 0 Å². The van der Waals surface area contributed by atoms with E-state index in [2.05, 4.69) is 20.3 Å². The summed E-state index contributed by atoms with van der Waals surface area (Å²) in [6, 6.07) is 29.4. The molecule has 10 nitrogen and oxygen atoms in total. The molecule has 0 bridgehead atoms. The molecular formula is C32H32N4O6S. The summed E-state index contributed by atoms with van der Waals surface area (Å²) in [5.41, 5.74) is 1.45. The number of benzene rings is 4. The number of rotatable bonds is 12. The maximum atomic E-state index is 12.8. The predicted octanol–water partition coefficient (Wildman–Crippen LogP) is 6.34. The Bertz CT molecular complexity index is 1670. The third kappa shape index (κ3) is 9.23. The second-order valence-corrected chi connectivity index (χ2v) is 11.7. The molecule has 0 aliphatic heterocycles. The number of nitrogens with one attached hydrogen (secondary N) is 2. The lowest BCUT2D eigenvalue weighted by atomic mass is 10.1. The molecule has 222 valence electrons. The summed E-state index contributed by atoms with van der Waals surface area (Å²) in [6.07, 6.45) is 0.637. The van der Waals surface area contributed by atoms with E-state index in [0.717, 1.165) is 16.9 Å². The summed E-state index contributed by atoms with van der Waals surface area (Å²) in [6.45, 7) is 4.75. The minimum Gasteiger partial charge on any atom is -0.493 e. The Morgan fingerprint density at radius 2 is 1.35 bits per heavy atom. The molecule has 0 saturated heterocycles. The first-order chi connectivity index (χ1) is 20.5. The van der Waals surface area contributed by atoms with Crippen LogP contribution in [0.2, 0.25) is 0 Å². The topological polar surface area (TPSA) is 136 Å². The van der Waals surface area contributed by atoms with Crippen LogP contribution < -0.4 is 19.5 Å². The molecular weight excluding hydrogens is 568 g/mol. The zero-order chi connectivity index (χ0) is 30.9. The van der Waals surface area contributed by atoms with Gasteiger partial charge in [-0.15, -0.1) is 0 Å². The summed E-state index contributed by atoms with van der Waals surface area (Å²) in [5.74, 6) is 0.00460. The van der Waals surface area contributed by atoms with Crippen molar-refractivity contribution in [3.63, 3.8) is 0 Å². The third-order valence-electron chi connectivity index (χ3n) is 6.09. The van der Waals surface area contributed by atoms with Gasteiger partial charge in [0.05, 0.1) is 22.9 Å². The quantitative estimate of drug-likeness (QED) is 0.182. The SMILES string of the molecule is CC(=O)Nc1ccc(S(=O)(=O)NC(=O)C(C)(C)Oc2ccc(CCOc3ccc(N=Nc4ccccc4)cc3)cc2)cc1. The van der Waals surface area contributed by atoms with Gasteiger partial charge in [0.2, 0.25) is 5.91 Å². The predicted molar refractivity (Wildman–Crippen MR) is 163 cm³/mol. The van der Waals surface area contributed by atoms with Crippen molar-refractivity contribution in [2.24, 2.45) is 10.2 Å². The molecule has 0 heterocycles. The highest BCUT2D eigenvalue weighted by Crippen LogP contribution is 2.23. The number of hydrogen-bond acceptors (Lipinski definition) is 8. The second kappa shape index (κ2) is 13.8. The van der Waals surface area contributed by atoms with Crippen LogP contribution in [0.25, 0.3) is 0 Å². The van der Waals surface area contributed by atoms with E-state index in [4.69, 9.17) is 9.47 Å². The molecule has 0 aliphatic carbocycles. The second-order valence-electron chi connectivity index (χ2n) is 10.0. The highest BCUT2D eigenvalue weighted by Gasteiger charge is 2.33. The van der Waals surface area contributed by atoms with Crippen LogP contribution in [0.3, 0.4) is 0 Å². The van der Waals surface area contributed by atoms with Crippen molar-refractivity contribution >= 4 is 38.9 Å². The summed E-state index contributed by atoms with van der Waals surface area (Å²) < 4.78 is 39.2. The number of azo groups is 1. The number of carbonyl (C=O) groups excluding carboxylic acids is 2. The number of amides is 2. The molecule has 0 unspecified atom stereocenters. The van der Waals surface area contributed by atoms with Crippen LogP contribution in [0, 0.1) is 0 Å². The third-order valence-corrected chi connectivity index (χ3v) is 7.44. The van der Waals surface area contributed by atoms with Crippen molar-refractivity contribution in [1.82, 2.24) is 4.72 Å². The van der Waals surface area contributed by atoms with Crippen LogP contribution in [0.15, 0.2) is 118 Å². The first kappa shape index (κ1) is 30.9. The Morgan fingerprint density at radius 3 is 1.95 bits per heavy atom. The maximum absolute atomic E-state index is 12.8. The van der Waals surface area contributed by atoms with Crippen molar-refractivity contribution < 1.29 is 27.5 Å². The monoisotopic (exact) mass is 600 g/mol. The minimum absolute atomic E-state index is 0.123. The Balaban J connectivity index is 1.25. The Kier molecular flexibility index (Phi) is 9.89. The zero-order valence-electron chi connectivity index (χ0n) is 24.0. The number of carbonyl (C=O) groups is 2. The minimum atomic E-state index is -4.15. The largest absolute Gasteiger partial charge is 0.493 e. The molecule has 43 heavy (non-hydrogen) atoms. The van der Waals surface area contributed by atoms with E-state index in [0.29, 0.717) is 30.2 Å².